The quantitative estimate of drug-likeness (QED) is 0.691. The first-order chi connectivity index (χ1) is 14.0. The molecule has 1 aromatic heterocycles. The zero-order valence-corrected chi connectivity index (χ0v) is 17.6. The van der Waals surface area contributed by atoms with Gasteiger partial charge in [0.15, 0.2) is 0 Å². The van der Waals surface area contributed by atoms with E-state index in [0.717, 1.165) is 42.5 Å². The highest BCUT2D eigenvalue weighted by Crippen LogP contribution is 2.33. The van der Waals surface area contributed by atoms with Crippen LogP contribution in [0.3, 0.4) is 0 Å². The van der Waals surface area contributed by atoms with Crippen molar-refractivity contribution in [2.45, 2.75) is 32.7 Å². The third-order valence-electron chi connectivity index (χ3n) is 5.43. The van der Waals surface area contributed by atoms with E-state index in [-0.39, 0.29) is 18.6 Å². The summed E-state index contributed by atoms with van der Waals surface area (Å²) in [4.78, 5) is 33.9. The predicted molar refractivity (Wildman–Crippen MR) is 113 cm³/mol. The van der Waals surface area contributed by atoms with Crippen LogP contribution in [0.4, 0.5) is 5.69 Å². The van der Waals surface area contributed by atoms with Crippen LogP contribution in [-0.4, -0.2) is 68.3 Å². The zero-order valence-electron chi connectivity index (χ0n) is 17.6. The van der Waals surface area contributed by atoms with Crippen LogP contribution >= 0.6 is 0 Å². The molecule has 0 radical (unpaired) electrons. The molecule has 29 heavy (non-hydrogen) atoms. The molecular weight excluding hydrogens is 370 g/mol. The topological polar surface area (TPSA) is 72.0 Å². The van der Waals surface area contributed by atoms with Crippen molar-refractivity contribution in [3.63, 3.8) is 0 Å². The SMILES string of the molecule is CCOC(=O)c1ccc2ncc(C(=O)OCC)c(N(C)C3CCN(C)CC3)c2c1. The van der Waals surface area contributed by atoms with Crippen LogP contribution in [0.2, 0.25) is 0 Å². The van der Waals surface area contributed by atoms with Crippen molar-refractivity contribution in [3.8, 4) is 0 Å². The van der Waals surface area contributed by atoms with Crippen molar-refractivity contribution in [3.05, 3.63) is 35.5 Å². The number of carbonyl (C=O) groups is 2. The molecule has 156 valence electrons. The van der Waals surface area contributed by atoms with E-state index in [9.17, 15) is 9.59 Å². The number of hydrogen-bond acceptors (Lipinski definition) is 7. The summed E-state index contributed by atoms with van der Waals surface area (Å²) in [5.74, 6) is -0.790. The number of fused-ring (bicyclic) bond motifs is 1. The molecule has 7 heteroatoms. The molecule has 2 heterocycles. The van der Waals surface area contributed by atoms with Crippen LogP contribution in [-0.2, 0) is 9.47 Å². The lowest BCUT2D eigenvalue weighted by Gasteiger charge is -2.37. The number of hydrogen-bond donors (Lipinski definition) is 0. The van der Waals surface area contributed by atoms with Crippen LogP contribution < -0.4 is 4.90 Å². The first-order valence-electron chi connectivity index (χ1n) is 10.1. The van der Waals surface area contributed by atoms with Gasteiger partial charge in [-0.25, -0.2) is 9.59 Å². The second-order valence-corrected chi connectivity index (χ2v) is 7.34. The summed E-state index contributed by atoms with van der Waals surface area (Å²) in [6.45, 7) is 6.16. The van der Waals surface area contributed by atoms with Gasteiger partial charge in [0.05, 0.1) is 30.0 Å². The average Bonchev–Trinajstić information content (AvgIpc) is 2.72. The van der Waals surface area contributed by atoms with Gasteiger partial charge in [-0.05, 0) is 65.0 Å². The van der Waals surface area contributed by atoms with Gasteiger partial charge in [-0.3, -0.25) is 4.98 Å². The van der Waals surface area contributed by atoms with Gasteiger partial charge in [-0.2, -0.15) is 0 Å². The summed E-state index contributed by atoms with van der Waals surface area (Å²) >= 11 is 0. The maximum Gasteiger partial charge on any atom is 0.341 e. The number of nitrogens with zero attached hydrogens (tertiary/aromatic N) is 3. The summed E-state index contributed by atoms with van der Waals surface area (Å²) in [5, 5.41) is 0.752. The number of anilines is 1. The molecule has 1 aromatic carbocycles. The number of likely N-dealkylation sites (tertiary alicyclic amines) is 1. The van der Waals surface area contributed by atoms with Crippen molar-refractivity contribution in [1.29, 1.82) is 0 Å². The number of piperidine rings is 1. The monoisotopic (exact) mass is 399 g/mol. The summed E-state index contributed by atoms with van der Waals surface area (Å²) in [7, 11) is 4.12. The minimum absolute atomic E-state index is 0.288. The Hall–Kier alpha value is -2.67. The lowest BCUT2D eigenvalue weighted by molar-refractivity contribution is 0.0517. The fourth-order valence-electron chi connectivity index (χ4n) is 3.82. The van der Waals surface area contributed by atoms with Gasteiger partial charge in [0, 0.05) is 24.7 Å². The van der Waals surface area contributed by atoms with Gasteiger partial charge in [-0.15, -0.1) is 0 Å². The first-order valence-corrected chi connectivity index (χ1v) is 10.1. The van der Waals surface area contributed by atoms with Crippen LogP contribution in [0.1, 0.15) is 47.4 Å². The van der Waals surface area contributed by atoms with Crippen molar-refractivity contribution >= 4 is 28.5 Å². The van der Waals surface area contributed by atoms with E-state index >= 15 is 0 Å². The van der Waals surface area contributed by atoms with Crippen molar-refractivity contribution < 1.29 is 19.1 Å². The summed E-state index contributed by atoms with van der Waals surface area (Å²) in [6.07, 6.45) is 3.57. The van der Waals surface area contributed by atoms with Gasteiger partial charge in [0.2, 0.25) is 0 Å². The zero-order chi connectivity index (χ0) is 21.0. The Morgan fingerprint density at radius 3 is 2.45 bits per heavy atom. The van der Waals surface area contributed by atoms with Gasteiger partial charge >= 0.3 is 11.9 Å². The highest BCUT2D eigenvalue weighted by Gasteiger charge is 2.27. The minimum atomic E-state index is -0.404. The number of carbonyl (C=O) groups excluding carboxylic acids is 2. The van der Waals surface area contributed by atoms with Crippen molar-refractivity contribution in [2.24, 2.45) is 0 Å². The number of ether oxygens (including phenoxy) is 2. The summed E-state index contributed by atoms with van der Waals surface area (Å²) in [6, 6.07) is 5.56. The van der Waals surface area contributed by atoms with Gasteiger partial charge < -0.3 is 19.3 Å². The molecule has 0 saturated carbocycles. The van der Waals surface area contributed by atoms with E-state index in [4.69, 9.17) is 9.47 Å². The second kappa shape index (κ2) is 9.22. The predicted octanol–water partition coefficient (Wildman–Crippen LogP) is 3.12. The number of aromatic nitrogens is 1. The maximum atomic E-state index is 12.7. The standard InChI is InChI=1S/C22H29N3O4/c1-5-28-21(26)15-7-8-19-17(13-15)20(18(14-23-19)22(27)29-6-2)25(4)16-9-11-24(3)12-10-16/h7-8,13-14,16H,5-6,9-12H2,1-4H3. The third-order valence-corrected chi connectivity index (χ3v) is 5.43. The molecule has 0 atom stereocenters. The Kier molecular flexibility index (Phi) is 6.69. The molecule has 0 unspecified atom stereocenters. The molecule has 7 nitrogen and oxygen atoms in total. The molecule has 1 aliphatic heterocycles. The average molecular weight is 399 g/mol. The number of pyridine rings is 1. The normalized spacial score (nSPS) is 15.3. The Labute approximate surface area is 171 Å². The Morgan fingerprint density at radius 2 is 1.79 bits per heavy atom. The van der Waals surface area contributed by atoms with Gasteiger partial charge in [0.1, 0.15) is 5.56 Å². The Morgan fingerprint density at radius 1 is 1.14 bits per heavy atom. The van der Waals surface area contributed by atoms with E-state index in [2.05, 4.69) is 21.8 Å². The molecule has 0 bridgehead atoms. The van der Waals surface area contributed by atoms with Crippen LogP contribution in [0.25, 0.3) is 10.9 Å². The van der Waals surface area contributed by atoms with E-state index in [1.165, 1.54) is 0 Å². The highest BCUT2D eigenvalue weighted by atomic mass is 16.5. The molecule has 3 rings (SSSR count). The molecule has 0 amide bonds. The molecular formula is C22H29N3O4. The van der Waals surface area contributed by atoms with E-state index < -0.39 is 5.97 Å². The lowest BCUT2D eigenvalue weighted by atomic mass is 10.00. The van der Waals surface area contributed by atoms with Gasteiger partial charge in [0.25, 0.3) is 0 Å². The second-order valence-electron chi connectivity index (χ2n) is 7.34. The van der Waals surface area contributed by atoms with E-state index in [0.29, 0.717) is 17.7 Å². The Bertz CT molecular complexity index is 886. The minimum Gasteiger partial charge on any atom is -0.462 e. The number of esters is 2. The van der Waals surface area contributed by atoms with Crippen molar-refractivity contribution in [1.82, 2.24) is 9.88 Å². The smallest absolute Gasteiger partial charge is 0.341 e. The molecule has 0 aliphatic carbocycles. The third kappa shape index (κ3) is 4.50. The first kappa shape index (κ1) is 21.0. The molecule has 0 N–H and O–H groups in total. The summed E-state index contributed by atoms with van der Waals surface area (Å²) < 4.78 is 10.4. The van der Waals surface area contributed by atoms with Crippen LogP contribution in [0.15, 0.2) is 24.4 Å². The van der Waals surface area contributed by atoms with E-state index in [1.807, 2.05) is 7.05 Å². The van der Waals surface area contributed by atoms with Crippen LogP contribution in [0, 0.1) is 0 Å². The maximum absolute atomic E-state index is 12.7. The fraction of sp³-hybridized carbons (Fsp3) is 0.500. The molecule has 0 spiro atoms. The van der Waals surface area contributed by atoms with Crippen molar-refractivity contribution in [2.75, 3.05) is 45.3 Å². The Balaban J connectivity index is 2.12. The molecule has 1 aliphatic rings. The fourth-order valence-corrected chi connectivity index (χ4v) is 3.82. The van der Waals surface area contributed by atoms with Gasteiger partial charge in [-0.1, -0.05) is 0 Å². The largest absolute Gasteiger partial charge is 0.462 e. The highest BCUT2D eigenvalue weighted by molar-refractivity contribution is 6.07. The molecule has 2 aromatic rings. The number of rotatable bonds is 6. The van der Waals surface area contributed by atoms with Crippen LogP contribution in [0.5, 0.6) is 0 Å². The number of benzene rings is 1. The summed E-state index contributed by atoms with van der Waals surface area (Å²) in [5.41, 5.74) is 2.34. The molecule has 1 fully saturated rings. The lowest BCUT2D eigenvalue weighted by Crippen LogP contribution is -2.42. The van der Waals surface area contributed by atoms with E-state index in [1.54, 1.807) is 38.2 Å². The molecule has 1 saturated heterocycles.